The summed E-state index contributed by atoms with van der Waals surface area (Å²) in [4.78, 5) is 78.0. The molecule has 0 aliphatic rings. The Hall–Kier alpha value is -7.40. The Bertz CT molecular complexity index is 2080. The fourth-order valence-electron chi connectivity index (χ4n) is 3.39. The van der Waals surface area contributed by atoms with Crippen molar-refractivity contribution in [3.8, 4) is 0 Å². The van der Waals surface area contributed by atoms with Crippen molar-refractivity contribution in [2.45, 2.75) is 0 Å². The minimum absolute atomic E-state index is 0. The van der Waals surface area contributed by atoms with E-state index < -0.39 is 0 Å². The van der Waals surface area contributed by atoms with Crippen molar-refractivity contribution in [3.05, 3.63) is 169 Å². The Morgan fingerprint density at radius 1 is 0.234 bits per heavy atom. The molecule has 8 aromatic rings. The zero-order valence-corrected chi connectivity index (χ0v) is 35.9. The molecule has 0 saturated heterocycles. The number of rotatable bonds is 12. The summed E-state index contributed by atoms with van der Waals surface area (Å²) in [5, 5.41) is 15.6. The third-order valence-electron chi connectivity index (χ3n) is 5.80. The minimum Gasteiger partial charge on any atom is -0.330 e. The normalized spacial score (nSPS) is 9.75. The molecule has 336 valence electrons. The Morgan fingerprint density at radius 2 is 0.375 bits per heavy atom. The maximum atomic E-state index is 3.91. The smallest absolute Gasteiger partial charge is 0.330 e. The van der Waals surface area contributed by atoms with Crippen molar-refractivity contribution >= 4 is 72.9 Å². The molecule has 8 rings (SSSR count). The molecule has 0 spiro atoms. The van der Waals surface area contributed by atoms with Gasteiger partial charge < -0.3 is 81.1 Å². The van der Waals surface area contributed by atoms with E-state index in [9.17, 15) is 0 Å². The molecule has 0 saturated carbocycles. The van der Waals surface area contributed by atoms with Crippen LogP contribution in [0.2, 0.25) is 0 Å². The number of hydrogen-bond donors (Lipinski definition) is 0. The first-order valence-corrected chi connectivity index (χ1v) is 16.9. The molecule has 0 aliphatic carbocycles. The van der Waals surface area contributed by atoms with E-state index in [1.807, 2.05) is 0 Å². The van der Waals surface area contributed by atoms with Gasteiger partial charge in [0, 0.05) is 74.9 Å². The monoisotopic (exact) mass is 1050 g/mol. The minimum atomic E-state index is 0. The Labute approximate surface area is 407 Å². The van der Waals surface area contributed by atoms with Gasteiger partial charge in [-0.25, -0.2) is 39.9 Å². The first-order valence-electron chi connectivity index (χ1n) is 16.9. The summed E-state index contributed by atoms with van der Waals surface area (Å²) in [6.07, 6.45) is 31.1. The van der Waals surface area contributed by atoms with E-state index >= 15 is 0 Å². The quantitative estimate of drug-likeness (QED) is 0.0714. The number of nitrogens with zero attached hydrogens (tertiary/aromatic N) is 24. The summed E-state index contributed by atoms with van der Waals surface area (Å²) in [6, 6.07) is 13.7. The molecule has 28 heteroatoms. The molecule has 0 aliphatic heterocycles. The van der Waals surface area contributed by atoms with E-state index in [0.717, 1.165) is 0 Å². The predicted molar refractivity (Wildman–Crippen MR) is 221 cm³/mol. The van der Waals surface area contributed by atoms with Crippen molar-refractivity contribution in [1.29, 1.82) is 0 Å². The van der Waals surface area contributed by atoms with E-state index in [1.165, 1.54) is 25.4 Å². The topological polar surface area (TPSA) is 312 Å². The van der Waals surface area contributed by atoms with Crippen LogP contribution in [0.25, 0.3) is 21.3 Å². The van der Waals surface area contributed by atoms with Gasteiger partial charge in [0.15, 0.2) is 23.8 Å². The van der Waals surface area contributed by atoms with E-state index in [-0.39, 0.29) is 68.3 Å². The van der Waals surface area contributed by atoms with Crippen molar-refractivity contribution in [2.75, 3.05) is 0 Å². The van der Waals surface area contributed by atoms with Gasteiger partial charge in [0.2, 0.25) is 0 Å². The first kappa shape index (κ1) is 54.6. The molecule has 0 unspecified atom stereocenters. The Kier molecular flexibility index (Phi) is 30.1. The first-order chi connectivity index (χ1) is 29.8. The summed E-state index contributed by atoms with van der Waals surface area (Å²) in [7, 11) is 0. The van der Waals surface area contributed by atoms with Crippen LogP contribution < -0.4 is 0 Å². The molecule has 0 bridgehead atoms. The van der Waals surface area contributed by atoms with Gasteiger partial charge in [0.1, 0.15) is 0 Å². The largest absolute Gasteiger partial charge is 1.00 e. The van der Waals surface area contributed by atoms with Crippen molar-refractivity contribution < 1.29 is 68.3 Å². The van der Waals surface area contributed by atoms with Crippen LogP contribution in [0.3, 0.4) is 0 Å². The molecule has 0 atom stereocenters. The second kappa shape index (κ2) is 35.2. The molecule has 64 heavy (non-hydrogen) atoms. The molecule has 0 fully saturated rings. The van der Waals surface area contributed by atoms with Gasteiger partial charge in [-0.05, 0) is 98.1 Å². The van der Waals surface area contributed by atoms with Gasteiger partial charge in [0.05, 0.1) is 23.8 Å². The van der Waals surface area contributed by atoms with Crippen LogP contribution in [0.1, 0.15) is 0 Å². The van der Waals surface area contributed by atoms with Crippen molar-refractivity contribution in [2.24, 2.45) is 20.0 Å². The van der Waals surface area contributed by atoms with E-state index in [4.69, 9.17) is 0 Å². The van der Waals surface area contributed by atoms with Gasteiger partial charge >= 0.3 is 68.3 Å². The van der Waals surface area contributed by atoms with Gasteiger partial charge in [-0.15, -0.1) is 0 Å². The summed E-state index contributed by atoms with van der Waals surface area (Å²) in [5.74, 6) is 2.87. The van der Waals surface area contributed by atoms with Crippen LogP contribution in [-0.2, 0) is 68.3 Å². The second-order valence-corrected chi connectivity index (χ2v) is 9.89. The molecule has 24 nitrogen and oxygen atoms in total. The molecular formula is C36H28Cu4N24. The maximum Gasteiger partial charge on any atom is 1.00 e. The fraction of sp³-hybridized carbons (Fsp3) is 0. The molecular weight excluding hydrogens is 1020 g/mol. The van der Waals surface area contributed by atoms with E-state index in [1.54, 1.807) is 148 Å². The number of aromatic nitrogens is 16. The van der Waals surface area contributed by atoms with Gasteiger partial charge in [0.25, 0.3) is 0 Å². The summed E-state index contributed by atoms with van der Waals surface area (Å²) in [5.41, 5.74) is 0. The third-order valence-corrected chi connectivity index (χ3v) is 5.80. The van der Waals surface area contributed by atoms with Crippen LogP contribution in [0, 0.1) is 0 Å². The fourth-order valence-corrected chi connectivity index (χ4v) is 3.39. The van der Waals surface area contributed by atoms with Crippen molar-refractivity contribution in [1.82, 2.24) is 79.7 Å². The second-order valence-electron chi connectivity index (χ2n) is 9.89. The van der Waals surface area contributed by atoms with Crippen LogP contribution in [0.15, 0.2) is 168 Å². The summed E-state index contributed by atoms with van der Waals surface area (Å²) >= 11 is 0. The number of hydrogen-bond acceptors (Lipinski definition) is 20. The van der Waals surface area contributed by atoms with E-state index in [2.05, 4.69) is 121 Å². The molecule has 8 heterocycles. The van der Waals surface area contributed by atoms with Crippen LogP contribution in [0.4, 0.5) is 47.6 Å². The van der Waals surface area contributed by atoms with E-state index in [0.29, 0.717) is 47.6 Å². The molecule has 0 aromatic carbocycles. The van der Waals surface area contributed by atoms with Gasteiger partial charge in [-0.2, -0.15) is 0 Å². The standard InChI is InChI=1S/4C9H7N6.4Cu/c4*1-3-10-8(11-4-1)14-7-15-9-12-5-2-6-13-9;;;;/h4*1-7H;;;;/q4*-1;4*+1. The molecule has 8 aromatic heterocycles. The number of aliphatic imine (C=N–C) groups is 4. The SMILES string of the molecule is C(=N\c1ncccn1)/[N-]c1ncccn1.C(=N\c1ncccn1)/[N-]c1ncccn1.C(=N\c1ncccn1)/[N-]c1ncccn1.C(=N\c1ncccn1)/[N-]c1ncccn1.[Cu+].[Cu+].[Cu+].[Cu+]. The van der Waals surface area contributed by atoms with Crippen LogP contribution in [0.5, 0.6) is 0 Å². The molecule has 0 N–H and O–H groups in total. The molecule has 0 amide bonds. The summed E-state index contributed by atoms with van der Waals surface area (Å²) in [6.45, 7) is 0. The third kappa shape index (κ3) is 24.1. The van der Waals surface area contributed by atoms with Gasteiger partial charge in [-0.1, -0.05) is 0 Å². The average Bonchev–Trinajstić information content (AvgIpc) is 3.33. The van der Waals surface area contributed by atoms with Crippen molar-refractivity contribution in [3.63, 3.8) is 0 Å². The van der Waals surface area contributed by atoms with Gasteiger partial charge in [-0.3, -0.25) is 0 Å². The Balaban J connectivity index is 0.000000418. The molecule has 0 radical (unpaired) electrons. The van der Waals surface area contributed by atoms with Crippen LogP contribution in [-0.4, -0.2) is 105 Å². The average molecular weight is 1050 g/mol. The summed E-state index contributed by atoms with van der Waals surface area (Å²) < 4.78 is 0. The zero-order valence-electron chi connectivity index (χ0n) is 32.1. The zero-order chi connectivity index (χ0) is 41.4. The maximum absolute atomic E-state index is 3.91. The predicted octanol–water partition coefficient (Wildman–Crippen LogP) is 6.52. The van der Waals surface area contributed by atoms with Crippen LogP contribution >= 0.6 is 0 Å². The Morgan fingerprint density at radius 3 is 0.531 bits per heavy atom.